The number of thiol groups is 1. The molecule has 0 saturated heterocycles. The number of benzene rings is 2. The molecule has 0 unspecified atom stereocenters. The van der Waals surface area contributed by atoms with Crippen molar-refractivity contribution in [3.8, 4) is 33.9 Å². The minimum Gasteiger partial charge on any atom is -0.497 e. The maximum absolute atomic E-state index is 11.9. The van der Waals surface area contributed by atoms with Crippen molar-refractivity contribution in [3.63, 3.8) is 0 Å². The van der Waals surface area contributed by atoms with Gasteiger partial charge in [-0.15, -0.1) is 12.6 Å². The number of nitrogens with zero attached hydrogens (tertiary/aromatic N) is 1. The molecule has 0 aliphatic rings. The predicted octanol–water partition coefficient (Wildman–Crippen LogP) is 4.81. The van der Waals surface area contributed by atoms with Gasteiger partial charge in [0.1, 0.15) is 11.5 Å². The monoisotopic (exact) mass is 365 g/mol. The fourth-order valence-electron chi connectivity index (χ4n) is 2.86. The zero-order valence-electron chi connectivity index (χ0n) is 14.8. The van der Waals surface area contributed by atoms with Crippen molar-refractivity contribution in [1.29, 1.82) is 0 Å². The number of ether oxygens (including phenoxy) is 2. The predicted molar refractivity (Wildman–Crippen MR) is 106 cm³/mol. The number of rotatable bonds is 5. The summed E-state index contributed by atoms with van der Waals surface area (Å²) in [5, 5.41) is -0.317. The molecular weight excluding hydrogens is 346 g/mol. The fourth-order valence-corrected chi connectivity index (χ4v) is 3.04. The maximum atomic E-state index is 11.9. The van der Waals surface area contributed by atoms with E-state index in [1.165, 1.54) is 0 Å². The molecular formula is C21H19NO3S. The van der Waals surface area contributed by atoms with Crippen LogP contribution >= 0.6 is 12.6 Å². The molecule has 3 rings (SSSR count). The Kier molecular flexibility index (Phi) is 5.28. The SMILES string of the molecule is COc1cc(OC)cc(-c2cc(C)ccc2-c2ncccc2C(=O)S)c1. The number of carbonyl (C=O) groups is 1. The summed E-state index contributed by atoms with van der Waals surface area (Å²) in [6.45, 7) is 2.02. The Hall–Kier alpha value is -2.79. The third-order valence-corrected chi connectivity index (χ3v) is 4.37. The number of hydrogen-bond acceptors (Lipinski definition) is 4. The highest BCUT2D eigenvalue weighted by Gasteiger charge is 2.16. The average Bonchev–Trinajstić information content (AvgIpc) is 2.67. The van der Waals surface area contributed by atoms with Crippen molar-refractivity contribution in [1.82, 2.24) is 4.98 Å². The molecule has 0 saturated carbocycles. The molecule has 132 valence electrons. The van der Waals surface area contributed by atoms with Crippen LogP contribution < -0.4 is 9.47 Å². The van der Waals surface area contributed by atoms with Crippen LogP contribution in [0.5, 0.6) is 11.5 Å². The van der Waals surface area contributed by atoms with E-state index in [9.17, 15) is 4.79 Å². The number of aryl methyl sites for hydroxylation is 1. The van der Waals surface area contributed by atoms with Gasteiger partial charge < -0.3 is 9.47 Å². The van der Waals surface area contributed by atoms with Gasteiger partial charge in [0.15, 0.2) is 0 Å². The van der Waals surface area contributed by atoms with Gasteiger partial charge in [-0.05, 0) is 42.3 Å². The summed E-state index contributed by atoms with van der Waals surface area (Å²) in [6, 6.07) is 15.2. The Bertz CT molecular complexity index is 947. The third-order valence-electron chi connectivity index (χ3n) is 4.13. The van der Waals surface area contributed by atoms with E-state index < -0.39 is 0 Å². The van der Waals surface area contributed by atoms with Crippen LogP contribution in [0.15, 0.2) is 54.7 Å². The number of methoxy groups -OCH3 is 2. The van der Waals surface area contributed by atoms with Crippen LogP contribution in [0.1, 0.15) is 15.9 Å². The number of carbonyl (C=O) groups excluding carboxylic acids is 1. The minimum atomic E-state index is -0.317. The van der Waals surface area contributed by atoms with E-state index in [0.717, 1.165) is 22.3 Å². The van der Waals surface area contributed by atoms with Gasteiger partial charge in [-0.1, -0.05) is 23.8 Å². The van der Waals surface area contributed by atoms with Crippen molar-refractivity contribution < 1.29 is 14.3 Å². The first-order valence-electron chi connectivity index (χ1n) is 8.06. The second-order valence-corrected chi connectivity index (χ2v) is 6.26. The summed E-state index contributed by atoms with van der Waals surface area (Å²) in [7, 11) is 3.23. The van der Waals surface area contributed by atoms with Crippen LogP contribution in [-0.2, 0) is 0 Å². The highest BCUT2D eigenvalue weighted by Crippen LogP contribution is 2.37. The van der Waals surface area contributed by atoms with Crippen LogP contribution in [0.2, 0.25) is 0 Å². The molecule has 2 aromatic carbocycles. The van der Waals surface area contributed by atoms with Gasteiger partial charge in [0, 0.05) is 17.8 Å². The van der Waals surface area contributed by atoms with Gasteiger partial charge in [0.25, 0.3) is 0 Å². The standard InChI is InChI=1S/C21H19NO3S/c1-13-6-7-17(20-18(21(23)26)5-4-8-22-20)19(9-13)14-10-15(24-2)12-16(11-14)25-3/h4-12H,1-3H3,(H,23,26). The van der Waals surface area contributed by atoms with Gasteiger partial charge in [-0.25, -0.2) is 0 Å². The summed E-state index contributed by atoms with van der Waals surface area (Å²) >= 11 is 3.99. The first-order chi connectivity index (χ1) is 12.5. The molecule has 0 radical (unpaired) electrons. The summed E-state index contributed by atoms with van der Waals surface area (Å²) in [5.41, 5.74) is 4.88. The van der Waals surface area contributed by atoms with Crippen molar-refractivity contribution >= 4 is 17.7 Å². The molecule has 0 aliphatic carbocycles. The molecule has 26 heavy (non-hydrogen) atoms. The molecule has 0 amide bonds. The zero-order chi connectivity index (χ0) is 18.7. The highest BCUT2D eigenvalue weighted by molar-refractivity contribution is 7.97. The second-order valence-electron chi connectivity index (χ2n) is 5.86. The molecule has 0 bridgehead atoms. The normalized spacial score (nSPS) is 10.5. The summed E-state index contributed by atoms with van der Waals surface area (Å²) in [6.07, 6.45) is 1.67. The van der Waals surface area contributed by atoms with Crippen LogP contribution in [0.3, 0.4) is 0 Å². The molecule has 0 N–H and O–H groups in total. The molecule has 4 nitrogen and oxygen atoms in total. The molecule has 0 fully saturated rings. The topological polar surface area (TPSA) is 48.4 Å². The van der Waals surface area contributed by atoms with Crippen LogP contribution in [0.4, 0.5) is 0 Å². The smallest absolute Gasteiger partial charge is 0.218 e. The summed E-state index contributed by atoms with van der Waals surface area (Å²) in [4.78, 5) is 16.4. The van der Waals surface area contributed by atoms with Gasteiger partial charge >= 0.3 is 0 Å². The maximum Gasteiger partial charge on any atom is 0.218 e. The lowest BCUT2D eigenvalue weighted by Gasteiger charge is -2.15. The Labute approximate surface area is 158 Å². The molecule has 1 aromatic heterocycles. The van der Waals surface area contributed by atoms with Gasteiger partial charge in [-0.2, -0.15) is 0 Å². The average molecular weight is 365 g/mol. The van der Waals surface area contributed by atoms with Crippen LogP contribution in [-0.4, -0.2) is 24.3 Å². The Balaban J connectivity index is 2.28. The first kappa shape index (κ1) is 18.0. The van der Waals surface area contributed by atoms with Crippen molar-refractivity contribution in [2.45, 2.75) is 6.92 Å². The van der Waals surface area contributed by atoms with Crippen molar-refractivity contribution in [2.75, 3.05) is 14.2 Å². The molecule has 1 heterocycles. The van der Waals surface area contributed by atoms with Gasteiger partial charge in [0.2, 0.25) is 5.12 Å². The number of aromatic nitrogens is 1. The minimum absolute atomic E-state index is 0.317. The first-order valence-corrected chi connectivity index (χ1v) is 8.51. The lowest BCUT2D eigenvalue weighted by molar-refractivity contribution is 0.109. The summed E-state index contributed by atoms with van der Waals surface area (Å²) < 4.78 is 10.8. The Morgan fingerprint density at radius 2 is 1.65 bits per heavy atom. The van der Waals surface area contributed by atoms with Crippen LogP contribution in [0, 0.1) is 6.92 Å². The summed E-state index contributed by atoms with van der Waals surface area (Å²) in [5.74, 6) is 1.39. The lowest BCUT2D eigenvalue weighted by Crippen LogP contribution is -1.98. The van der Waals surface area contributed by atoms with E-state index in [1.54, 1.807) is 32.5 Å². The van der Waals surface area contributed by atoms with E-state index >= 15 is 0 Å². The largest absolute Gasteiger partial charge is 0.497 e. The Morgan fingerprint density at radius 1 is 0.962 bits per heavy atom. The highest BCUT2D eigenvalue weighted by atomic mass is 32.1. The van der Waals surface area contributed by atoms with Gasteiger partial charge in [-0.3, -0.25) is 9.78 Å². The molecule has 3 aromatic rings. The van der Waals surface area contributed by atoms with E-state index in [-0.39, 0.29) is 5.12 Å². The van der Waals surface area contributed by atoms with Crippen LogP contribution in [0.25, 0.3) is 22.4 Å². The number of hydrogen-bond donors (Lipinski definition) is 1. The van der Waals surface area contributed by atoms with Gasteiger partial charge in [0.05, 0.1) is 25.5 Å². The van der Waals surface area contributed by atoms with E-state index in [4.69, 9.17) is 9.47 Å². The lowest BCUT2D eigenvalue weighted by atomic mass is 9.93. The van der Waals surface area contributed by atoms with E-state index in [1.807, 2.05) is 37.3 Å². The van der Waals surface area contributed by atoms with Crippen molar-refractivity contribution in [2.24, 2.45) is 0 Å². The second kappa shape index (κ2) is 7.62. The molecule has 0 aliphatic heterocycles. The fraction of sp³-hybridized carbons (Fsp3) is 0.143. The van der Waals surface area contributed by atoms with Crippen molar-refractivity contribution in [3.05, 3.63) is 65.9 Å². The molecule has 5 heteroatoms. The number of pyridine rings is 1. The Morgan fingerprint density at radius 3 is 2.27 bits per heavy atom. The molecule has 0 spiro atoms. The quantitative estimate of drug-likeness (QED) is 0.659. The van der Waals surface area contributed by atoms with E-state index in [0.29, 0.717) is 22.8 Å². The zero-order valence-corrected chi connectivity index (χ0v) is 15.7. The van der Waals surface area contributed by atoms with E-state index in [2.05, 4.69) is 23.7 Å². The molecule has 0 atom stereocenters. The third kappa shape index (κ3) is 3.58.